The second kappa shape index (κ2) is 6.86. The number of hydrogen-bond donors (Lipinski definition) is 1. The first-order chi connectivity index (χ1) is 11.1. The second-order valence-corrected chi connectivity index (χ2v) is 6.43. The summed E-state index contributed by atoms with van der Waals surface area (Å²) in [6, 6.07) is 18.0. The Morgan fingerprint density at radius 1 is 1.17 bits per heavy atom. The second-order valence-electron chi connectivity index (χ2n) is 6.43. The summed E-state index contributed by atoms with van der Waals surface area (Å²) in [7, 11) is 0. The number of aryl methyl sites for hydroxylation is 1. The third kappa shape index (κ3) is 4.13. The smallest absolute Gasteiger partial charge is 0.258 e. The molecule has 0 spiro atoms. The molecule has 1 N–H and O–H groups in total. The van der Waals surface area contributed by atoms with Crippen LogP contribution >= 0.6 is 0 Å². The van der Waals surface area contributed by atoms with E-state index in [2.05, 4.69) is 24.4 Å². The van der Waals surface area contributed by atoms with Gasteiger partial charge >= 0.3 is 0 Å². The predicted molar refractivity (Wildman–Crippen MR) is 91.3 cm³/mol. The first-order valence-corrected chi connectivity index (χ1v) is 8.17. The van der Waals surface area contributed by atoms with Crippen molar-refractivity contribution < 1.29 is 9.53 Å². The van der Waals surface area contributed by atoms with Crippen LogP contribution in [0.3, 0.4) is 0 Å². The van der Waals surface area contributed by atoms with E-state index in [1.807, 2.05) is 49.4 Å². The minimum atomic E-state index is -0.0708. The summed E-state index contributed by atoms with van der Waals surface area (Å²) in [6.45, 7) is 4.31. The van der Waals surface area contributed by atoms with Crippen LogP contribution in [0.5, 0.6) is 5.75 Å². The van der Waals surface area contributed by atoms with Gasteiger partial charge in [-0.3, -0.25) is 4.79 Å². The van der Waals surface area contributed by atoms with E-state index in [1.54, 1.807) is 0 Å². The average Bonchev–Trinajstić information content (AvgIpc) is 3.29. The molecule has 1 aliphatic carbocycles. The van der Waals surface area contributed by atoms with Crippen molar-refractivity contribution in [3.05, 3.63) is 65.7 Å². The van der Waals surface area contributed by atoms with Gasteiger partial charge in [0.1, 0.15) is 5.75 Å². The van der Waals surface area contributed by atoms with Crippen LogP contribution in [0, 0.1) is 18.8 Å². The largest absolute Gasteiger partial charge is 0.484 e. The lowest BCUT2D eigenvalue weighted by Gasteiger charge is -2.19. The zero-order valence-corrected chi connectivity index (χ0v) is 13.7. The molecule has 0 aliphatic heterocycles. The van der Waals surface area contributed by atoms with Crippen molar-refractivity contribution in [3.63, 3.8) is 0 Å². The monoisotopic (exact) mass is 309 g/mol. The molecule has 3 nitrogen and oxygen atoms in total. The molecule has 3 atom stereocenters. The summed E-state index contributed by atoms with van der Waals surface area (Å²) in [6.07, 6.45) is 1.17. The number of carbonyl (C=O) groups excluding carboxylic acids is 1. The minimum Gasteiger partial charge on any atom is -0.484 e. The van der Waals surface area contributed by atoms with Gasteiger partial charge in [0.05, 0.1) is 6.04 Å². The van der Waals surface area contributed by atoms with E-state index in [9.17, 15) is 4.79 Å². The van der Waals surface area contributed by atoms with E-state index in [4.69, 9.17) is 4.74 Å². The van der Waals surface area contributed by atoms with E-state index in [0.717, 1.165) is 5.75 Å². The molecule has 2 aromatic rings. The molecule has 0 bridgehead atoms. The zero-order valence-electron chi connectivity index (χ0n) is 13.7. The van der Waals surface area contributed by atoms with Gasteiger partial charge in [-0.25, -0.2) is 0 Å². The lowest BCUT2D eigenvalue weighted by Crippen LogP contribution is -2.34. The Morgan fingerprint density at radius 3 is 2.43 bits per heavy atom. The maximum Gasteiger partial charge on any atom is 0.258 e. The van der Waals surface area contributed by atoms with E-state index < -0.39 is 0 Å². The molecule has 120 valence electrons. The third-order valence-corrected chi connectivity index (χ3v) is 4.47. The van der Waals surface area contributed by atoms with Gasteiger partial charge in [-0.15, -0.1) is 0 Å². The molecular weight excluding hydrogens is 286 g/mol. The van der Waals surface area contributed by atoms with Crippen molar-refractivity contribution in [3.8, 4) is 5.75 Å². The highest BCUT2D eigenvalue weighted by Gasteiger charge is 2.40. The predicted octanol–water partition coefficient (Wildman–Crippen LogP) is 3.89. The van der Waals surface area contributed by atoms with Crippen LogP contribution in [0.2, 0.25) is 0 Å². The van der Waals surface area contributed by atoms with E-state index in [1.165, 1.54) is 17.5 Å². The first kappa shape index (κ1) is 15.6. The Bertz CT molecular complexity index is 651. The Labute approximate surface area is 137 Å². The highest BCUT2D eigenvalue weighted by atomic mass is 16.5. The molecule has 0 saturated heterocycles. The summed E-state index contributed by atoms with van der Waals surface area (Å²) < 4.78 is 5.57. The molecule has 0 heterocycles. The lowest BCUT2D eigenvalue weighted by molar-refractivity contribution is -0.124. The molecule has 3 heteroatoms. The quantitative estimate of drug-likeness (QED) is 0.879. The van der Waals surface area contributed by atoms with Crippen molar-refractivity contribution in [1.82, 2.24) is 5.32 Å². The summed E-state index contributed by atoms with van der Waals surface area (Å²) in [5.41, 5.74) is 2.35. The fraction of sp³-hybridized carbons (Fsp3) is 0.350. The van der Waals surface area contributed by atoms with Crippen LogP contribution in [0.4, 0.5) is 0 Å². The average molecular weight is 309 g/mol. The van der Waals surface area contributed by atoms with Gasteiger partial charge in [0.15, 0.2) is 6.61 Å². The Morgan fingerprint density at radius 2 is 1.83 bits per heavy atom. The number of nitrogens with one attached hydrogen (secondary N) is 1. The summed E-state index contributed by atoms with van der Waals surface area (Å²) in [5.74, 6) is 1.85. The van der Waals surface area contributed by atoms with Gasteiger partial charge in [-0.1, -0.05) is 55.0 Å². The zero-order chi connectivity index (χ0) is 16.2. The molecule has 2 aromatic carbocycles. The Kier molecular flexibility index (Phi) is 4.65. The summed E-state index contributed by atoms with van der Waals surface area (Å²) >= 11 is 0. The van der Waals surface area contributed by atoms with Gasteiger partial charge in [-0.2, -0.15) is 0 Å². The summed E-state index contributed by atoms with van der Waals surface area (Å²) in [5, 5.41) is 3.14. The van der Waals surface area contributed by atoms with Crippen molar-refractivity contribution in [1.29, 1.82) is 0 Å². The number of ether oxygens (including phenoxy) is 1. The van der Waals surface area contributed by atoms with Gasteiger partial charge in [0.25, 0.3) is 5.91 Å². The van der Waals surface area contributed by atoms with E-state index in [0.29, 0.717) is 11.8 Å². The van der Waals surface area contributed by atoms with Crippen LogP contribution in [0.25, 0.3) is 0 Å². The number of rotatable bonds is 6. The molecule has 3 rings (SSSR count). The van der Waals surface area contributed by atoms with Crippen molar-refractivity contribution >= 4 is 5.91 Å². The Hall–Kier alpha value is -2.29. The summed E-state index contributed by atoms with van der Waals surface area (Å²) in [4.78, 5) is 12.3. The fourth-order valence-electron chi connectivity index (χ4n) is 2.91. The topological polar surface area (TPSA) is 38.3 Å². The minimum absolute atomic E-state index is 0.0491. The Balaban J connectivity index is 1.59. The maximum absolute atomic E-state index is 12.3. The molecule has 1 saturated carbocycles. The third-order valence-electron chi connectivity index (χ3n) is 4.47. The van der Waals surface area contributed by atoms with E-state index in [-0.39, 0.29) is 18.6 Å². The highest BCUT2D eigenvalue weighted by molar-refractivity contribution is 5.78. The molecule has 23 heavy (non-hydrogen) atoms. The van der Waals surface area contributed by atoms with Crippen LogP contribution in [0.1, 0.15) is 30.5 Å². The molecule has 1 aliphatic rings. The van der Waals surface area contributed by atoms with Crippen molar-refractivity contribution in [2.24, 2.45) is 11.8 Å². The molecule has 1 amide bonds. The van der Waals surface area contributed by atoms with Crippen LogP contribution in [-0.4, -0.2) is 12.5 Å². The molecular formula is C20H23NO2. The lowest BCUT2D eigenvalue weighted by atomic mass is 10.0. The molecule has 0 aromatic heterocycles. The van der Waals surface area contributed by atoms with Gasteiger partial charge < -0.3 is 10.1 Å². The SMILES string of the molecule is Cc1ccc(OCC(=O)NC(c2ccccc2)C2CC2C)cc1. The van der Waals surface area contributed by atoms with Gasteiger partial charge in [0, 0.05) is 0 Å². The van der Waals surface area contributed by atoms with E-state index >= 15 is 0 Å². The van der Waals surface area contributed by atoms with Crippen LogP contribution < -0.4 is 10.1 Å². The first-order valence-electron chi connectivity index (χ1n) is 8.17. The number of benzene rings is 2. The van der Waals surface area contributed by atoms with Crippen LogP contribution in [-0.2, 0) is 4.79 Å². The normalized spacial score (nSPS) is 20.6. The standard InChI is InChI=1S/C20H23NO2/c1-14-8-10-17(11-9-14)23-13-19(22)21-20(18-12-15(18)2)16-6-4-3-5-7-16/h3-11,15,18,20H,12-13H2,1-2H3,(H,21,22). The van der Waals surface area contributed by atoms with Crippen molar-refractivity contribution in [2.75, 3.05) is 6.61 Å². The van der Waals surface area contributed by atoms with Crippen LogP contribution in [0.15, 0.2) is 54.6 Å². The molecule has 3 unspecified atom stereocenters. The van der Waals surface area contributed by atoms with Gasteiger partial charge in [0.2, 0.25) is 0 Å². The molecule has 0 radical (unpaired) electrons. The fourth-order valence-corrected chi connectivity index (χ4v) is 2.91. The number of carbonyl (C=O) groups is 1. The number of hydrogen-bond acceptors (Lipinski definition) is 2. The number of amides is 1. The van der Waals surface area contributed by atoms with Gasteiger partial charge in [-0.05, 0) is 42.9 Å². The maximum atomic E-state index is 12.3. The highest BCUT2D eigenvalue weighted by Crippen LogP contribution is 2.46. The molecule has 1 fully saturated rings. The van der Waals surface area contributed by atoms with Crippen molar-refractivity contribution in [2.45, 2.75) is 26.3 Å².